The molecule has 160 valence electrons. The van der Waals surface area contributed by atoms with E-state index >= 15 is 0 Å². The van der Waals surface area contributed by atoms with E-state index in [2.05, 4.69) is 27.4 Å². The highest BCUT2D eigenvalue weighted by molar-refractivity contribution is 6.09. The number of pyridine rings is 2. The van der Waals surface area contributed by atoms with Crippen LogP contribution in [-0.4, -0.2) is 35.4 Å². The lowest BCUT2D eigenvalue weighted by Gasteiger charge is -2.35. The Morgan fingerprint density at radius 1 is 1.13 bits per heavy atom. The molecule has 2 aromatic heterocycles. The molecule has 1 fully saturated rings. The van der Waals surface area contributed by atoms with Crippen molar-refractivity contribution in [2.75, 3.05) is 24.5 Å². The molecule has 7 heteroatoms. The van der Waals surface area contributed by atoms with Crippen molar-refractivity contribution in [3.05, 3.63) is 88.9 Å². The van der Waals surface area contributed by atoms with Crippen LogP contribution >= 0.6 is 0 Å². The first-order chi connectivity index (χ1) is 14.8. The molecular weight excluding hydrogens is 398 g/mol. The van der Waals surface area contributed by atoms with Gasteiger partial charge in [0.2, 0.25) is 5.78 Å². The smallest absolute Gasteiger partial charge is 0.272 e. The molecule has 31 heavy (non-hydrogen) atoms. The second-order valence-corrected chi connectivity index (χ2v) is 7.78. The van der Waals surface area contributed by atoms with Crippen molar-refractivity contribution in [3.8, 4) is 0 Å². The Bertz CT molecular complexity index is 1080. The summed E-state index contributed by atoms with van der Waals surface area (Å²) in [6.07, 6.45) is 1.57. The third-order valence-electron chi connectivity index (χ3n) is 5.52. The number of carbonyl (C=O) groups is 1. The summed E-state index contributed by atoms with van der Waals surface area (Å²) in [6.45, 7) is 4.47. The number of carbonyl (C=O) groups excluding carboxylic acids is 1. The number of piperazine rings is 1. The van der Waals surface area contributed by atoms with Crippen LogP contribution in [0.1, 0.15) is 45.8 Å². The predicted molar refractivity (Wildman–Crippen MR) is 116 cm³/mol. The molecule has 3 aromatic rings. The van der Waals surface area contributed by atoms with Gasteiger partial charge in [-0.25, -0.2) is 13.8 Å². The maximum Gasteiger partial charge on any atom is 0.272 e. The monoisotopic (exact) mass is 422 g/mol. The SMILES string of the molecule is Cc1ncccc1C(=O)c1nc(N2CCNC(c3ccccc3)C2)ccc1C(C)(F)F. The van der Waals surface area contributed by atoms with Gasteiger partial charge in [0.1, 0.15) is 11.5 Å². The van der Waals surface area contributed by atoms with Crippen LogP contribution in [0.25, 0.3) is 0 Å². The minimum Gasteiger partial charge on any atom is -0.353 e. The molecule has 1 aromatic carbocycles. The molecule has 0 bridgehead atoms. The highest BCUT2D eigenvalue weighted by Crippen LogP contribution is 2.32. The van der Waals surface area contributed by atoms with Crippen molar-refractivity contribution in [3.63, 3.8) is 0 Å². The second-order valence-electron chi connectivity index (χ2n) is 7.78. The van der Waals surface area contributed by atoms with Gasteiger partial charge in [0.05, 0.1) is 5.56 Å². The summed E-state index contributed by atoms with van der Waals surface area (Å²) in [6, 6.07) is 16.2. The first-order valence-electron chi connectivity index (χ1n) is 10.2. The summed E-state index contributed by atoms with van der Waals surface area (Å²) in [7, 11) is 0. The number of aromatic nitrogens is 2. The number of anilines is 1. The average Bonchev–Trinajstić information content (AvgIpc) is 2.78. The molecule has 0 spiro atoms. The molecule has 3 heterocycles. The maximum atomic E-state index is 14.3. The van der Waals surface area contributed by atoms with Gasteiger partial charge in [-0.05, 0) is 36.8 Å². The lowest BCUT2D eigenvalue weighted by molar-refractivity contribution is 0.0161. The highest BCUT2D eigenvalue weighted by atomic mass is 19.3. The second kappa shape index (κ2) is 8.51. The molecule has 1 N–H and O–H groups in total. The normalized spacial score (nSPS) is 16.9. The number of aryl methyl sites for hydroxylation is 1. The molecule has 0 aliphatic carbocycles. The van der Waals surface area contributed by atoms with E-state index in [0.29, 0.717) is 24.6 Å². The lowest BCUT2D eigenvalue weighted by Crippen LogP contribution is -2.46. The van der Waals surface area contributed by atoms with Gasteiger partial charge in [-0.15, -0.1) is 0 Å². The number of nitrogens with zero attached hydrogens (tertiary/aromatic N) is 3. The third-order valence-corrected chi connectivity index (χ3v) is 5.52. The van der Waals surface area contributed by atoms with Gasteiger partial charge >= 0.3 is 0 Å². The average molecular weight is 422 g/mol. The van der Waals surface area contributed by atoms with Crippen molar-refractivity contribution < 1.29 is 13.6 Å². The van der Waals surface area contributed by atoms with Crippen LogP contribution in [0.2, 0.25) is 0 Å². The number of nitrogens with one attached hydrogen (secondary N) is 1. The van der Waals surface area contributed by atoms with Gasteiger partial charge in [0.15, 0.2) is 0 Å². The van der Waals surface area contributed by atoms with Crippen molar-refractivity contribution in [1.82, 2.24) is 15.3 Å². The van der Waals surface area contributed by atoms with Gasteiger partial charge in [-0.2, -0.15) is 0 Å². The zero-order chi connectivity index (χ0) is 22.0. The molecule has 0 radical (unpaired) electrons. The number of alkyl halides is 2. The maximum absolute atomic E-state index is 14.3. The van der Waals surface area contributed by atoms with Gasteiger partial charge in [0.25, 0.3) is 5.92 Å². The molecule has 1 saturated heterocycles. The van der Waals surface area contributed by atoms with E-state index in [1.807, 2.05) is 23.1 Å². The fourth-order valence-corrected chi connectivity index (χ4v) is 3.87. The standard InChI is InChI=1S/C24H24F2N4O/c1-16-18(9-6-12-27-16)23(31)22-19(24(2,25)26)10-11-21(29-22)30-14-13-28-20(15-30)17-7-4-3-5-8-17/h3-12,20,28H,13-15H2,1-2H3. The summed E-state index contributed by atoms with van der Waals surface area (Å²) >= 11 is 0. The van der Waals surface area contributed by atoms with E-state index in [0.717, 1.165) is 19.0 Å². The van der Waals surface area contributed by atoms with E-state index in [9.17, 15) is 13.6 Å². The molecule has 0 amide bonds. The summed E-state index contributed by atoms with van der Waals surface area (Å²) in [5.74, 6) is -3.22. The largest absolute Gasteiger partial charge is 0.353 e. The first-order valence-corrected chi connectivity index (χ1v) is 10.2. The van der Waals surface area contributed by atoms with Gasteiger partial charge < -0.3 is 10.2 Å². The molecule has 0 saturated carbocycles. The van der Waals surface area contributed by atoms with Gasteiger partial charge in [0, 0.05) is 50.1 Å². The van der Waals surface area contributed by atoms with E-state index in [4.69, 9.17) is 0 Å². The summed E-state index contributed by atoms with van der Waals surface area (Å²) in [4.78, 5) is 23.8. The van der Waals surface area contributed by atoms with E-state index < -0.39 is 11.7 Å². The van der Waals surface area contributed by atoms with Crippen molar-refractivity contribution in [2.24, 2.45) is 0 Å². The lowest BCUT2D eigenvalue weighted by atomic mass is 9.99. The van der Waals surface area contributed by atoms with Crippen molar-refractivity contribution in [2.45, 2.75) is 25.8 Å². The van der Waals surface area contributed by atoms with E-state index in [1.165, 1.54) is 6.07 Å². The molecule has 1 aliphatic rings. The van der Waals surface area contributed by atoms with Crippen LogP contribution in [-0.2, 0) is 5.92 Å². The Morgan fingerprint density at radius 2 is 1.90 bits per heavy atom. The van der Waals surface area contributed by atoms with Crippen LogP contribution in [0.3, 0.4) is 0 Å². The minimum atomic E-state index is -3.19. The zero-order valence-electron chi connectivity index (χ0n) is 17.5. The zero-order valence-corrected chi connectivity index (χ0v) is 17.5. The van der Waals surface area contributed by atoms with Crippen LogP contribution < -0.4 is 10.2 Å². The number of ketones is 1. The Hall–Kier alpha value is -3.19. The van der Waals surface area contributed by atoms with Crippen molar-refractivity contribution in [1.29, 1.82) is 0 Å². The topological polar surface area (TPSA) is 58.1 Å². The minimum absolute atomic E-state index is 0.0868. The van der Waals surface area contributed by atoms with Crippen LogP contribution in [0.15, 0.2) is 60.8 Å². The van der Waals surface area contributed by atoms with Gasteiger partial charge in [-0.1, -0.05) is 30.3 Å². The summed E-state index contributed by atoms with van der Waals surface area (Å²) < 4.78 is 28.6. The summed E-state index contributed by atoms with van der Waals surface area (Å²) in [5, 5.41) is 3.48. The number of benzene rings is 1. The van der Waals surface area contributed by atoms with Crippen LogP contribution in [0.4, 0.5) is 14.6 Å². The quantitative estimate of drug-likeness (QED) is 0.622. The van der Waals surface area contributed by atoms with Crippen molar-refractivity contribution >= 4 is 11.6 Å². The molecule has 1 aliphatic heterocycles. The number of rotatable bonds is 5. The predicted octanol–water partition coefficient (Wildman–Crippen LogP) is 4.28. The molecular formula is C24H24F2N4O. The Kier molecular flexibility index (Phi) is 5.78. The molecule has 1 unspecified atom stereocenters. The molecule has 5 nitrogen and oxygen atoms in total. The summed E-state index contributed by atoms with van der Waals surface area (Å²) in [5.41, 5.74) is 1.30. The highest BCUT2D eigenvalue weighted by Gasteiger charge is 2.33. The van der Waals surface area contributed by atoms with Crippen LogP contribution in [0, 0.1) is 6.92 Å². The fraction of sp³-hybridized carbons (Fsp3) is 0.292. The van der Waals surface area contributed by atoms with Crippen LogP contribution in [0.5, 0.6) is 0 Å². The van der Waals surface area contributed by atoms with E-state index in [1.54, 1.807) is 31.3 Å². The molecule has 4 rings (SSSR count). The van der Waals surface area contributed by atoms with E-state index in [-0.39, 0.29) is 22.9 Å². The van der Waals surface area contributed by atoms with Gasteiger partial charge in [-0.3, -0.25) is 9.78 Å². The Balaban J connectivity index is 1.70. The fourth-order valence-electron chi connectivity index (χ4n) is 3.87. The Labute approximate surface area is 180 Å². The first kappa shape index (κ1) is 21.1. The number of hydrogen-bond donors (Lipinski definition) is 1. The molecule has 1 atom stereocenters. The number of hydrogen-bond acceptors (Lipinski definition) is 5. The Morgan fingerprint density at radius 3 is 2.61 bits per heavy atom. The number of halogens is 2. The third kappa shape index (κ3) is 4.46.